The van der Waals surface area contributed by atoms with E-state index in [1.54, 1.807) is 7.11 Å². The molecule has 0 radical (unpaired) electrons. The average Bonchev–Trinajstić information content (AvgIpc) is 3.08. The molecule has 0 bridgehead atoms. The fourth-order valence-electron chi connectivity index (χ4n) is 3.84. The summed E-state index contributed by atoms with van der Waals surface area (Å²) in [5.41, 5.74) is 1.24. The van der Waals surface area contributed by atoms with Gasteiger partial charge in [0.1, 0.15) is 5.75 Å². The fourth-order valence-corrected chi connectivity index (χ4v) is 3.84. The van der Waals surface area contributed by atoms with Crippen LogP contribution in [0.25, 0.3) is 0 Å². The molecule has 3 rings (SSSR count). The van der Waals surface area contributed by atoms with E-state index in [1.807, 2.05) is 12.1 Å². The lowest BCUT2D eigenvalue weighted by Gasteiger charge is -2.34. The zero-order valence-corrected chi connectivity index (χ0v) is 14.1. The molecule has 1 saturated heterocycles. The predicted molar refractivity (Wildman–Crippen MR) is 92.9 cm³/mol. The highest BCUT2D eigenvalue weighted by Crippen LogP contribution is 2.28. The van der Waals surface area contributed by atoms with Crippen molar-refractivity contribution in [3.8, 4) is 5.75 Å². The third kappa shape index (κ3) is 4.40. The molecule has 23 heavy (non-hydrogen) atoms. The predicted octanol–water partition coefficient (Wildman–Crippen LogP) is 3.36. The van der Waals surface area contributed by atoms with Gasteiger partial charge in [-0.1, -0.05) is 12.8 Å². The van der Waals surface area contributed by atoms with Gasteiger partial charge < -0.3 is 15.0 Å². The van der Waals surface area contributed by atoms with E-state index in [0.717, 1.165) is 38.1 Å². The van der Waals surface area contributed by atoms with Crippen LogP contribution in [0.2, 0.25) is 0 Å². The molecule has 2 aliphatic rings. The molecular weight excluding hydrogens is 288 g/mol. The van der Waals surface area contributed by atoms with E-state index in [4.69, 9.17) is 4.74 Å². The maximum Gasteiger partial charge on any atom is 0.220 e. The Hall–Kier alpha value is -1.71. The molecule has 0 atom stereocenters. The van der Waals surface area contributed by atoms with Crippen molar-refractivity contribution in [2.24, 2.45) is 5.92 Å². The van der Waals surface area contributed by atoms with Crippen LogP contribution < -0.4 is 15.0 Å². The molecule has 1 aliphatic heterocycles. The Kier molecular flexibility index (Phi) is 5.42. The molecule has 1 N–H and O–H groups in total. The van der Waals surface area contributed by atoms with Crippen LogP contribution in [0.5, 0.6) is 5.75 Å². The first-order valence-corrected chi connectivity index (χ1v) is 8.93. The van der Waals surface area contributed by atoms with Gasteiger partial charge >= 0.3 is 0 Å². The fraction of sp³-hybridized carbons (Fsp3) is 0.632. The Morgan fingerprint density at radius 2 is 1.78 bits per heavy atom. The van der Waals surface area contributed by atoms with Crippen molar-refractivity contribution in [1.29, 1.82) is 0 Å². The number of hydrogen-bond donors (Lipinski definition) is 1. The first-order valence-electron chi connectivity index (χ1n) is 8.93. The van der Waals surface area contributed by atoms with Crippen molar-refractivity contribution < 1.29 is 9.53 Å². The molecule has 1 saturated carbocycles. The highest BCUT2D eigenvalue weighted by atomic mass is 16.5. The molecule has 0 spiro atoms. The summed E-state index contributed by atoms with van der Waals surface area (Å²) in [4.78, 5) is 14.5. The summed E-state index contributed by atoms with van der Waals surface area (Å²) in [5.74, 6) is 1.79. The average molecular weight is 316 g/mol. The zero-order chi connectivity index (χ0) is 16.1. The standard InChI is InChI=1S/C19H28N2O2/c1-23-18-8-6-17(7-9-18)21-12-10-16(11-13-21)20-19(22)14-15-4-2-3-5-15/h6-9,15-16H,2-5,10-14H2,1H3,(H,20,22). The van der Waals surface area contributed by atoms with Gasteiger partial charge in [0.05, 0.1) is 7.11 Å². The Morgan fingerprint density at radius 1 is 1.13 bits per heavy atom. The van der Waals surface area contributed by atoms with Crippen LogP contribution in [-0.4, -0.2) is 32.1 Å². The van der Waals surface area contributed by atoms with E-state index < -0.39 is 0 Å². The maximum atomic E-state index is 12.2. The number of hydrogen-bond acceptors (Lipinski definition) is 3. The molecule has 1 amide bonds. The monoisotopic (exact) mass is 316 g/mol. The Bertz CT molecular complexity index is 501. The summed E-state index contributed by atoms with van der Waals surface area (Å²) < 4.78 is 5.21. The van der Waals surface area contributed by atoms with E-state index >= 15 is 0 Å². The third-order valence-corrected chi connectivity index (χ3v) is 5.25. The molecule has 126 valence electrons. The summed E-state index contributed by atoms with van der Waals surface area (Å²) in [7, 11) is 1.69. The van der Waals surface area contributed by atoms with Gasteiger partial charge in [-0.25, -0.2) is 0 Å². The lowest BCUT2D eigenvalue weighted by molar-refractivity contribution is -0.122. The molecule has 1 aliphatic carbocycles. The summed E-state index contributed by atoms with van der Waals surface area (Å²) >= 11 is 0. The number of ether oxygens (including phenoxy) is 1. The molecule has 1 heterocycles. The molecule has 1 aromatic rings. The van der Waals surface area contributed by atoms with Gasteiger partial charge in [0.25, 0.3) is 0 Å². The number of benzene rings is 1. The SMILES string of the molecule is COc1ccc(N2CCC(NC(=O)CC3CCCC3)CC2)cc1. The molecule has 4 heteroatoms. The van der Waals surface area contributed by atoms with Crippen LogP contribution in [0, 0.1) is 5.92 Å². The van der Waals surface area contributed by atoms with E-state index in [2.05, 4.69) is 22.3 Å². The van der Waals surface area contributed by atoms with Gasteiger partial charge in [-0.3, -0.25) is 4.79 Å². The van der Waals surface area contributed by atoms with Crippen LogP contribution >= 0.6 is 0 Å². The normalized spacial score (nSPS) is 19.8. The number of nitrogens with zero attached hydrogens (tertiary/aromatic N) is 1. The van der Waals surface area contributed by atoms with Crippen LogP contribution in [-0.2, 0) is 4.79 Å². The maximum absolute atomic E-state index is 12.2. The number of amides is 1. The topological polar surface area (TPSA) is 41.6 Å². The van der Waals surface area contributed by atoms with E-state index in [0.29, 0.717) is 12.0 Å². The van der Waals surface area contributed by atoms with Crippen molar-refractivity contribution in [2.75, 3.05) is 25.1 Å². The quantitative estimate of drug-likeness (QED) is 0.905. The second kappa shape index (κ2) is 7.71. The summed E-state index contributed by atoms with van der Waals surface area (Å²) in [5, 5.41) is 3.25. The van der Waals surface area contributed by atoms with Crippen molar-refractivity contribution in [3.63, 3.8) is 0 Å². The molecule has 1 aromatic carbocycles. The molecule has 2 fully saturated rings. The smallest absolute Gasteiger partial charge is 0.220 e. The highest BCUT2D eigenvalue weighted by Gasteiger charge is 2.23. The number of piperidine rings is 1. The summed E-state index contributed by atoms with van der Waals surface area (Å²) in [6.07, 6.45) is 7.88. The van der Waals surface area contributed by atoms with Gasteiger partial charge in [0.15, 0.2) is 0 Å². The minimum atomic E-state index is 0.264. The number of nitrogens with one attached hydrogen (secondary N) is 1. The van der Waals surface area contributed by atoms with Gasteiger partial charge in [-0.05, 0) is 55.9 Å². The lowest BCUT2D eigenvalue weighted by Crippen LogP contribution is -2.45. The van der Waals surface area contributed by atoms with Crippen LogP contribution in [0.15, 0.2) is 24.3 Å². The van der Waals surface area contributed by atoms with Gasteiger partial charge in [0.2, 0.25) is 5.91 Å². The van der Waals surface area contributed by atoms with Gasteiger partial charge in [0, 0.05) is 31.2 Å². The molecule has 0 aromatic heterocycles. The number of rotatable bonds is 5. The minimum absolute atomic E-state index is 0.264. The highest BCUT2D eigenvalue weighted by molar-refractivity contribution is 5.76. The second-order valence-electron chi connectivity index (χ2n) is 6.88. The Balaban J connectivity index is 1.43. The second-order valence-corrected chi connectivity index (χ2v) is 6.88. The number of carbonyl (C=O) groups is 1. The first kappa shape index (κ1) is 16.2. The van der Waals surface area contributed by atoms with Crippen molar-refractivity contribution >= 4 is 11.6 Å². The van der Waals surface area contributed by atoms with Crippen LogP contribution in [0.4, 0.5) is 5.69 Å². The largest absolute Gasteiger partial charge is 0.497 e. The molecule has 4 nitrogen and oxygen atoms in total. The Labute approximate surface area is 139 Å². The molecular formula is C19H28N2O2. The minimum Gasteiger partial charge on any atom is -0.497 e. The van der Waals surface area contributed by atoms with E-state index in [-0.39, 0.29) is 5.91 Å². The van der Waals surface area contributed by atoms with Gasteiger partial charge in [-0.15, -0.1) is 0 Å². The van der Waals surface area contributed by atoms with Crippen molar-refractivity contribution in [3.05, 3.63) is 24.3 Å². The number of methoxy groups -OCH3 is 1. The van der Waals surface area contributed by atoms with Crippen molar-refractivity contribution in [2.45, 2.75) is 51.0 Å². The van der Waals surface area contributed by atoms with Crippen LogP contribution in [0.3, 0.4) is 0 Å². The number of anilines is 1. The van der Waals surface area contributed by atoms with E-state index in [1.165, 1.54) is 31.4 Å². The number of carbonyl (C=O) groups excluding carboxylic acids is 1. The summed E-state index contributed by atoms with van der Waals surface area (Å²) in [6.45, 7) is 2.00. The lowest BCUT2D eigenvalue weighted by atomic mass is 10.0. The third-order valence-electron chi connectivity index (χ3n) is 5.25. The summed E-state index contributed by atoms with van der Waals surface area (Å²) in [6, 6.07) is 8.57. The van der Waals surface area contributed by atoms with Gasteiger partial charge in [-0.2, -0.15) is 0 Å². The van der Waals surface area contributed by atoms with E-state index in [9.17, 15) is 4.79 Å². The molecule has 0 unspecified atom stereocenters. The van der Waals surface area contributed by atoms with Crippen LogP contribution in [0.1, 0.15) is 44.9 Å². The Morgan fingerprint density at radius 3 is 2.39 bits per heavy atom. The zero-order valence-electron chi connectivity index (χ0n) is 14.1. The first-order chi connectivity index (χ1) is 11.2. The van der Waals surface area contributed by atoms with Crippen molar-refractivity contribution in [1.82, 2.24) is 5.32 Å².